The molecule has 2 aromatic rings. The van der Waals surface area contributed by atoms with Crippen LogP contribution < -0.4 is 4.74 Å². The van der Waals surface area contributed by atoms with Gasteiger partial charge >= 0.3 is 17.9 Å². The van der Waals surface area contributed by atoms with Crippen molar-refractivity contribution in [3.63, 3.8) is 0 Å². The van der Waals surface area contributed by atoms with E-state index in [0.29, 0.717) is 11.4 Å². The van der Waals surface area contributed by atoms with Gasteiger partial charge in [0.2, 0.25) is 0 Å². The number of benzene rings is 1. The maximum absolute atomic E-state index is 13.6. The van der Waals surface area contributed by atoms with E-state index < -0.39 is 48.9 Å². The molecule has 0 radical (unpaired) electrons. The van der Waals surface area contributed by atoms with Crippen molar-refractivity contribution < 1.29 is 48.3 Å². The molecule has 1 amide bonds. The van der Waals surface area contributed by atoms with Crippen LogP contribution in [0, 0.1) is 0 Å². The summed E-state index contributed by atoms with van der Waals surface area (Å²) in [5.41, 5.74) is 0.103. The van der Waals surface area contributed by atoms with Crippen LogP contribution in [-0.4, -0.2) is 85.5 Å². The monoisotopic (exact) mass is 520 g/mol. The van der Waals surface area contributed by atoms with Gasteiger partial charge in [-0.3, -0.25) is 19.0 Å². The lowest BCUT2D eigenvalue weighted by molar-refractivity contribution is -0.141. The number of esters is 1. The Labute approximate surface area is 214 Å². The molecule has 2 unspecified atom stereocenters. The lowest BCUT2D eigenvalue weighted by atomic mass is 9.94. The lowest BCUT2D eigenvalue weighted by Crippen LogP contribution is -2.27. The Kier molecular flexibility index (Phi) is 10.2. The zero-order chi connectivity index (χ0) is 27.9. The Bertz CT molecular complexity index is 1140. The third-order valence-electron chi connectivity index (χ3n) is 5.59. The quantitative estimate of drug-likeness (QED) is 0.377. The minimum atomic E-state index is -1.24. The van der Waals surface area contributed by atoms with Crippen molar-refractivity contribution in [2.75, 3.05) is 42.0 Å². The van der Waals surface area contributed by atoms with Crippen molar-refractivity contribution in [1.82, 2.24) is 9.47 Å². The summed E-state index contributed by atoms with van der Waals surface area (Å²) < 4.78 is 22.8. The van der Waals surface area contributed by atoms with Gasteiger partial charge in [0.05, 0.1) is 38.8 Å². The Morgan fingerprint density at radius 2 is 1.35 bits per heavy atom. The van der Waals surface area contributed by atoms with Crippen molar-refractivity contribution in [3.8, 4) is 11.4 Å². The van der Waals surface area contributed by atoms with Crippen LogP contribution in [0.2, 0.25) is 0 Å². The van der Waals surface area contributed by atoms with Crippen LogP contribution in [0.3, 0.4) is 0 Å². The normalized spacial score (nSPS) is 12.5. The Morgan fingerprint density at radius 1 is 0.865 bits per heavy atom. The molecule has 0 aliphatic carbocycles. The molecule has 1 aromatic carbocycles. The van der Waals surface area contributed by atoms with E-state index in [1.807, 2.05) is 0 Å². The number of methoxy groups -OCH3 is 3. The number of amides is 1. The van der Waals surface area contributed by atoms with E-state index in [2.05, 4.69) is 0 Å². The number of carbonyl (C=O) groups excluding carboxylic acids is 2. The average molecular weight is 521 g/mol. The van der Waals surface area contributed by atoms with Crippen molar-refractivity contribution in [2.24, 2.45) is 0 Å². The molecule has 0 fully saturated rings. The van der Waals surface area contributed by atoms with E-state index in [-0.39, 0.29) is 29.1 Å². The molecular weight excluding hydrogens is 488 g/mol. The molecule has 0 aliphatic rings. The number of hydrogen-bond acceptors (Lipinski definition) is 8. The fourth-order valence-electron chi connectivity index (χ4n) is 4.00. The highest BCUT2D eigenvalue weighted by Crippen LogP contribution is 2.41. The molecule has 202 valence electrons. The van der Waals surface area contributed by atoms with Gasteiger partial charge in [0.25, 0.3) is 5.91 Å². The van der Waals surface area contributed by atoms with Gasteiger partial charge in [-0.25, -0.2) is 4.79 Å². The van der Waals surface area contributed by atoms with Crippen LogP contribution in [-0.2, 0) is 23.8 Å². The fraction of sp³-hybridized carbons (Fsp3) is 0.440. The van der Waals surface area contributed by atoms with E-state index in [9.17, 15) is 29.4 Å². The van der Waals surface area contributed by atoms with E-state index in [1.54, 1.807) is 31.2 Å². The van der Waals surface area contributed by atoms with Gasteiger partial charge in [-0.05, 0) is 31.2 Å². The molecule has 37 heavy (non-hydrogen) atoms. The molecular formula is C25H32N2O10. The first-order valence-electron chi connectivity index (χ1n) is 11.3. The van der Waals surface area contributed by atoms with Crippen molar-refractivity contribution >= 4 is 23.8 Å². The fourth-order valence-corrected chi connectivity index (χ4v) is 4.00. The van der Waals surface area contributed by atoms with E-state index >= 15 is 0 Å². The Morgan fingerprint density at radius 3 is 1.73 bits per heavy atom. The molecule has 0 saturated carbocycles. The number of carbonyl (C=O) groups is 4. The predicted molar refractivity (Wildman–Crippen MR) is 130 cm³/mol. The molecule has 0 aliphatic heterocycles. The van der Waals surface area contributed by atoms with Crippen LogP contribution in [0.1, 0.15) is 64.1 Å². The number of nitrogens with zero attached hydrogens (tertiary/aromatic N) is 2. The van der Waals surface area contributed by atoms with Crippen LogP contribution in [0.4, 0.5) is 0 Å². The van der Waals surface area contributed by atoms with E-state index in [0.717, 1.165) is 0 Å². The van der Waals surface area contributed by atoms with Gasteiger partial charge < -0.3 is 34.1 Å². The highest BCUT2D eigenvalue weighted by Gasteiger charge is 2.40. The predicted octanol–water partition coefficient (Wildman–Crippen LogP) is 2.69. The first-order chi connectivity index (χ1) is 17.5. The number of carboxylic acid groups (broad SMARTS) is 2. The van der Waals surface area contributed by atoms with Crippen LogP contribution >= 0.6 is 0 Å². The van der Waals surface area contributed by atoms with Crippen LogP contribution in [0.25, 0.3) is 5.69 Å². The second kappa shape index (κ2) is 12.9. The molecule has 0 spiro atoms. The van der Waals surface area contributed by atoms with Crippen molar-refractivity contribution in [3.05, 3.63) is 46.8 Å². The Balaban J connectivity index is 3.19. The zero-order valence-electron chi connectivity index (χ0n) is 21.6. The molecule has 0 saturated heterocycles. The van der Waals surface area contributed by atoms with Crippen LogP contribution in [0.15, 0.2) is 24.3 Å². The Hall–Kier alpha value is -3.90. The van der Waals surface area contributed by atoms with Gasteiger partial charge in [-0.15, -0.1) is 0 Å². The van der Waals surface area contributed by atoms with Crippen molar-refractivity contribution in [1.29, 1.82) is 0 Å². The third kappa shape index (κ3) is 6.46. The first-order valence-corrected chi connectivity index (χ1v) is 11.3. The first kappa shape index (κ1) is 29.3. The summed E-state index contributed by atoms with van der Waals surface area (Å²) in [7, 11) is 6.98. The molecule has 2 N–H and O–H groups in total. The highest BCUT2D eigenvalue weighted by atomic mass is 16.5. The molecule has 12 heteroatoms. The number of ether oxygens (including phenoxy) is 4. The summed E-state index contributed by atoms with van der Waals surface area (Å²) in [6.07, 6.45) is -3.63. The molecule has 12 nitrogen and oxygen atoms in total. The summed E-state index contributed by atoms with van der Waals surface area (Å²) in [5.74, 6) is -3.40. The number of aliphatic carboxylic acids is 2. The maximum atomic E-state index is 13.6. The topological polar surface area (TPSA) is 154 Å². The summed E-state index contributed by atoms with van der Waals surface area (Å²) >= 11 is 0. The standard InChI is InChI=1S/C25H32N2O10/c1-7-37-25(33)23-21(17(36-6)13-19(30)31)20(16(35-5)12-18(28)29)22(24(32)26(2)3)27(23)14-8-10-15(34-4)11-9-14/h8-11,16-17H,7,12-13H2,1-6H3,(H,28,29)(H,30,31). The van der Waals surface area contributed by atoms with Gasteiger partial charge in [0.15, 0.2) is 0 Å². The number of aromatic nitrogens is 1. The summed E-state index contributed by atoms with van der Waals surface area (Å²) in [6, 6.07) is 6.42. The summed E-state index contributed by atoms with van der Waals surface area (Å²) in [5, 5.41) is 19.2. The van der Waals surface area contributed by atoms with Gasteiger partial charge in [-0.1, -0.05) is 0 Å². The SMILES string of the molecule is CCOC(=O)c1c(C(CC(=O)O)OC)c(C(CC(=O)O)OC)c(C(=O)N(C)C)n1-c1ccc(OC)cc1. The maximum Gasteiger partial charge on any atom is 0.355 e. The van der Waals surface area contributed by atoms with Gasteiger partial charge in [0, 0.05) is 45.1 Å². The minimum Gasteiger partial charge on any atom is -0.497 e. The lowest BCUT2D eigenvalue weighted by Gasteiger charge is -2.22. The van der Waals surface area contributed by atoms with E-state index in [1.165, 1.54) is 44.9 Å². The van der Waals surface area contributed by atoms with E-state index in [4.69, 9.17) is 18.9 Å². The largest absolute Gasteiger partial charge is 0.497 e. The minimum absolute atomic E-state index is 0.00234. The van der Waals surface area contributed by atoms with Crippen molar-refractivity contribution in [2.45, 2.75) is 32.0 Å². The molecule has 1 heterocycles. The molecule has 0 bridgehead atoms. The number of hydrogen-bond donors (Lipinski definition) is 2. The number of rotatable bonds is 13. The third-order valence-corrected chi connectivity index (χ3v) is 5.59. The second-order valence-electron chi connectivity index (χ2n) is 8.12. The second-order valence-corrected chi connectivity index (χ2v) is 8.12. The molecule has 1 aromatic heterocycles. The van der Waals surface area contributed by atoms with Crippen LogP contribution in [0.5, 0.6) is 5.75 Å². The average Bonchev–Trinajstić information content (AvgIpc) is 3.20. The van der Waals surface area contributed by atoms with Gasteiger partial charge in [0.1, 0.15) is 17.1 Å². The van der Waals surface area contributed by atoms with Gasteiger partial charge in [-0.2, -0.15) is 0 Å². The number of carboxylic acids is 2. The molecule has 2 rings (SSSR count). The molecule has 2 atom stereocenters. The highest BCUT2D eigenvalue weighted by molar-refractivity contribution is 6.00. The summed E-state index contributed by atoms with van der Waals surface area (Å²) in [4.78, 5) is 51.8. The summed E-state index contributed by atoms with van der Waals surface area (Å²) in [6.45, 7) is 1.58. The smallest absolute Gasteiger partial charge is 0.355 e. The zero-order valence-corrected chi connectivity index (χ0v) is 21.6.